The van der Waals surface area contributed by atoms with E-state index in [0.717, 1.165) is 22.3 Å². The minimum Gasteiger partial charge on any atom is -0.447 e. The number of benzene rings is 1. The largest absolute Gasteiger partial charge is 0.447 e. The number of furan rings is 1. The maximum Gasteiger partial charge on any atom is 0.286 e. The van der Waals surface area contributed by atoms with E-state index in [-0.39, 0.29) is 11.4 Å². The molecular weight excluding hydrogens is 396 g/mol. The minimum absolute atomic E-state index is 0.0743. The average Bonchev–Trinajstić information content (AvgIpc) is 3.36. The molecule has 0 aliphatic carbocycles. The predicted molar refractivity (Wildman–Crippen MR) is 116 cm³/mol. The second-order valence-corrected chi connectivity index (χ2v) is 7.22. The molecular formula is C22H20N6O3. The Bertz CT molecular complexity index is 1330. The summed E-state index contributed by atoms with van der Waals surface area (Å²) in [4.78, 5) is 28.5. The van der Waals surface area contributed by atoms with Crippen molar-refractivity contribution in [1.82, 2.24) is 19.7 Å². The molecule has 0 saturated heterocycles. The Hall–Kier alpha value is -4.36. The predicted octanol–water partition coefficient (Wildman–Crippen LogP) is 2.32. The fraction of sp³-hybridized carbons (Fsp3) is 0.136. The molecule has 4 rings (SSSR count). The second kappa shape index (κ2) is 7.81. The highest BCUT2D eigenvalue weighted by Crippen LogP contribution is 2.36. The number of hydrogen-bond donors (Lipinski definition) is 2. The zero-order valence-corrected chi connectivity index (χ0v) is 17.0. The third-order valence-electron chi connectivity index (χ3n) is 4.99. The van der Waals surface area contributed by atoms with E-state index < -0.39 is 5.91 Å². The first-order chi connectivity index (χ1) is 14.9. The number of carbonyl (C=O) groups is 1. The number of allylic oxidation sites excluding steroid dienone is 1. The normalized spacial score (nSPS) is 10.8. The summed E-state index contributed by atoms with van der Waals surface area (Å²) >= 11 is 0. The van der Waals surface area contributed by atoms with Crippen molar-refractivity contribution in [3.05, 3.63) is 60.5 Å². The SMILES string of the molecule is CN(C)C(=C=O)Cn1cc(-c2ccc(-c3cncc4oc(C(N)=O)c(N)c34)cc2)cn1. The lowest BCUT2D eigenvalue weighted by molar-refractivity contribution is 0.0977. The summed E-state index contributed by atoms with van der Waals surface area (Å²) in [5.74, 6) is 1.13. The number of likely N-dealkylation sites (N-methyl/N-ethyl adjacent to an activating group) is 1. The van der Waals surface area contributed by atoms with Gasteiger partial charge in [0.05, 0.1) is 30.0 Å². The van der Waals surface area contributed by atoms with Crippen molar-refractivity contribution in [2.24, 2.45) is 5.73 Å². The van der Waals surface area contributed by atoms with Gasteiger partial charge in [0, 0.05) is 37.6 Å². The van der Waals surface area contributed by atoms with E-state index >= 15 is 0 Å². The van der Waals surface area contributed by atoms with Crippen molar-refractivity contribution >= 4 is 28.5 Å². The molecule has 0 spiro atoms. The lowest BCUT2D eigenvalue weighted by atomic mass is 10.00. The van der Waals surface area contributed by atoms with Gasteiger partial charge in [-0.1, -0.05) is 24.3 Å². The Morgan fingerprint density at radius 3 is 2.48 bits per heavy atom. The van der Waals surface area contributed by atoms with Gasteiger partial charge in [0.2, 0.25) is 5.76 Å². The average molecular weight is 416 g/mol. The van der Waals surface area contributed by atoms with Crippen LogP contribution in [0.3, 0.4) is 0 Å². The topological polar surface area (TPSA) is 133 Å². The number of pyridine rings is 1. The second-order valence-electron chi connectivity index (χ2n) is 7.22. The van der Waals surface area contributed by atoms with Crippen molar-refractivity contribution in [2.45, 2.75) is 6.54 Å². The van der Waals surface area contributed by atoms with Crippen LogP contribution in [0.1, 0.15) is 10.6 Å². The fourth-order valence-corrected chi connectivity index (χ4v) is 3.34. The minimum atomic E-state index is -0.728. The smallest absolute Gasteiger partial charge is 0.286 e. The molecule has 3 aromatic heterocycles. The number of nitrogen functional groups attached to an aromatic ring is 1. The summed E-state index contributed by atoms with van der Waals surface area (Å²) < 4.78 is 7.16. The van der Waals surface area contributed by atoms with Crippen LogP contribution < -0.4 is 11.5 Å². The van der Waals surface area contributed by atoms with Crippen LogP contribution in [-0.4, -0.2) is 45.6 Å². The van der Waals surface area contributed by atoms with Gasteiger partial charge in [-0.15, -0.1) is 0 Å². The van der Waals surface area contributed by atoms with Gasteiger partial charge in [0.15, 0.2) is 5.58 Å². The molecule has 9 nitrogen and oxygen atoms in total. The maximum atomic E-state index is 11.6. The zero-order valence-electron chi connectivity index (χ0n) is 17.0. The first-order valence-electron chi connectivity index (χ1n) is 9.39. The molecule has 4 N–H and O–H groups in total. The number of hydrogen-bond acceptors (Lipinski definition) is 7. The van der Waals surface area contributed by atoms with E-state index in [4.69, 9.17) is 15.9 Å². The molecule has 4 aromatic rings. The Labute approximate surface area is 177 Å². The van der Waals surface area contributed by atoms with Crippen LogP contribution in [0.5, 0.6) is 0 Å². The van der Waals surface area contributed by atoms with Crippen molar-refractivity contribution in [2.75, 3.05) is 19.8 Å². The van der Waals surface area contributed by atoms with Gasteiger partial charge in [0.1, 0.15) is 11.6 Å². The van der Waals surface area contributed by atoms with Gasteiger partial charge in [-0.25, -0.2) is 4.79 Å². The van der Waals surface area contributed by atoms with Gasteiger partial charge in [-0.05, 0) is 11.1 Å². The van der Waals surface area contributed by atoms with Gasteiger partial charge in [0.25, 0.3) is 5.91 Å². The van der Waals surface area contributed by atoms with Crippen molar-refractivity contribution in [3.63, 3.8) is 0 Å². The molecule has 0 radical (unpaired) electrons. The number of carbonyl (C=O) groups excluding carboxylic acids is 2. The molecule has 0 aliphatic rings. The number of aromatic nitrogens is 3. The van der Waals surface area contributed by atoms with Crippen LogP contribution in [0.4, 0.5) is 5.69 Å². The summed E-state index contributed by atoms with van der Waals surface area (Å²) in [7, 11) is 3.58. The fourth-order valence-electron chi connectivity index (χ4n) is 3.34. The van der Waals surface area contributed by atoms with Crippen LogP contribution in [0.2, 0.25) is 0 Å². The van der Waals surface area contributed by atoms with Crippen molar-refractivity contribution in [3.8, 4) is 22.3 Å². The first-order valence-corrected chi connectivity index (χ1v) is 9.39. The van der Waals surface area contributed by atoms with Crippen LogP contribution in [0, 0.1) is 0 Å². The van der Waals surface area contributed by atoms with Crippen LogP contribution in [0.25, 0.3) is 33.2 Å². The van der Waals surface area contributed by atoms with E-state index in [1.807, 2.05) is 36.4 Å². The molecule has 0 aliphatic heterocycles. The van der Waals surface area contributed by atoms with Crippen molar-refractivity contribution in [1.29, 1.82) is 0 Å². The summed E-state index contributed by atoms with van der Waals surface area (Å²) in [5.41, 5.74) is 16.0. The monoisotopic (exact) mass is 416 g/mol. The standard InChI is InChI=1S/C22H20N6O3/c1-27(2)16(12-29)11-28-10-15(7-26-28)13-3-5-14(6-4-13)17-8-25-9-18-19(17)20(23)21(31-18)22(24)30/h3-10H,11,23H2,1-2H3,(H2,24,30). The Balaban J connectivity index is 1.66. The highest BCUT2D eigenvalue weighted by Gasteiger charge is 2.19. The highest BCUT2D eigenvalue weighted by molar-refractivity contribution is 6.09. The lowest BCUT2D eigenvalue weighted by Gasteiger charge is -2.12. The van der Waals surface area contributed by atoms with Crippen LogP contribution in [-0.2, 0) is 11.3 Å². The van der Waals surface area contributed by atoms with E-state index in [1.165, 1.54) is 6.20 Å². The summed E-state index contributed by atoms with van der Waals surface area (Å²) in [6.45, 7) is 0.338. The number of amides is 1. The molecule has 0 saturated carbocycles. The molecule has 1 amide bonds. The maximum absolute atomic E-state index is 11.6. The van der Waals surface area contributed by atoms with Gasteiger partial charge in [-0.3, -0.25) is 14.5 Å². The zero-order chi connectivity index (χ0) is 22.1. The molecule has 1 aromatic carbocycles. The lowest BCUT2D eigenvalue weighted by Crippen LogP contribution is -2.17. The molecule has 9 heteroatoms. The Kier molecular flexibility index (Phi) is 5.02. The number of fused-ring (bicyclic) bond motifs is 1. The third kappa shape index (κ3) is 3.65. The number of anilines is 1. The molecule has 0 unspecified atom stereocenters. The van der Waals surface area contributed by atoms with Crippen molar-refractivity contribution < 1.29 is 14.0 Å². The summed E-state index contributed by atoms with van der Waals surface area (Å²) in [6, 6.07) is 7.75. The summed E-state index contributed by atoms with van der Waals surface area (Å²) in [6.07, 6.45) is 6.77. The molecule has 156 valence electrons. The van der Waals surface area contributed by atoms with E-state index in [9.17, 15) is 9.59 Å². The molecule has 0 atom stereocenters. The van der Waals surface area contributed by atoms with Gasteiger partial charge < -0.3 is 20.8 Å². The van der Waals surface area contributed by atoms with E-state index in [2.05, 4.69) is 10.1 Å². The first kappa shape index (κ1) is 19.9. The molecule has 3 heterocycles. The van der Waals surface area contributed by atoms with Crippen LogP contribution in [0.15, 0.2) is 59.2 Å². The molecule has 0 bridgehead atoms. The summed E-state index contributed by atoms with van der Waals surface area (Å²) in [5, 5.41) is 4.92. The Morgan fingerprint density at radius 2 is 1.84 bits per heavy atom. The quantitative estimate of drug-likeness (QED) is 0.461. The van der Waals surface area contributed by atoms with Crippen LogP contribution >= 0.6 is 0 Å². The number of primary amides is 1. The third-order valence-corrected chi connectivity index (χ3v) is 4.99. The number of rotatable bonds is 6. The molecule has 0 fully saturated rings. The number of nitrogens with two attached hydrogens (primary N) is 2. The van der Waals surface area contributed by atoms with E-state index in [0.29, 0.717) is 23.2 Å². The highest BCUT2D eigenvalue weighted by atomic mass is 16.3. The Morgan fingerprint density at radius 1 is 1.13 bits per heavy atom. The van der Waals surface area contributed by atoms with E-state index in [1.54, 1.807) is 36.1 Å². The molecule has 31 heavy (non-hydrogen) atoms. The van der Waals surface area contributed by atoms with Gasteiger partial charge in [-0.2, -0.15) is 5.10 Å². The number of nitrogens with zero attached hydrogens (tertiary/aromatic N) is 4. The van der Waals surface area contributed by atoms with Gasteiger partial charge >= 0.3 is 0 Å².